The Morgan fingerprint density at radius 1 is 1.21 bits per heavy atom. The van der Waals surface area contributed by atoms with Gasteiger partial charge in [-0.1, -0.05) is 6.92 Å². The first-order valence-corrected chi connectivity index (χ1v) is 11.0. The summed E-state index contributed by atoms with van der Waals surface area (Å²) >= 11 is 10.8. The van der Waals surface area contributed by atoms with Crippen molar-refractivity contribution in [3.05, 3.63) is 9.81 Å². The van der Waals surface area contributed by atoms with Crippen LogP contribution >= 0.6 is 47.9 Å². The van der Waals surface area contributed by atoms with E-state index in [1.807, 2.05) is 5.57 Å². The molecule has 3 fully saturated rings. The van der Waals surface area contributed by atoms with Crippen LogP contribution in [-0.4, -0.2) is 27.8 Å². The highest BCUT2D eigenvalue weighted by molar-refractivity contribution is 8.22. The van der Waals surface area contributed by atoms with E-state index >= 15 is 0 Å². The van der Waals surface area contributed by atoms with Gasteiger partial charge in [0.1, 0.15) is 0 Å². The van der Waals surface area contributed by atoms with Crippen LogP contribution in [-0.2, 0) is 0 Å². The lowest BCUT2D eigenvalue weighted by Gasteiger charge is -2.25. The molecule has 3 rings (SSSR count). The fourth-order valence-electron chi connectivity index (χ4n) is 3.93. The highest BCUT2D eigenvalue weighted by Crippen LogP contribution is 2.57. The normalized spacial score (nSPS) is 38.8. The average Bonchev–Trinajstić information content (AvgIpc) is 2.93. The smallest absolute Gasteiger partial charge is 0.0393 e. The Balaban J connectivity index is 1.61. The summed E-state index contributed by atoms with van der Waals surface area (Å²) in [6, 6.07) is 0. The summed E-state index contributed by atoms with van der Waals surface area (Å²) in [5.74, 6) is 6.94. The van der Waals surface area contributed by atoms with E-state index < -0.39 is 0 Å². The van der Waals surface area contributed by atoms with E-state index in [9.17, 15) is 0 Å². The van der Waals surface area contributed by atoms with Crippen molar-refractivity contribution in [3.63, 3.8) is 0 Å². The van der Waals surface area contributed by atoms with Gasteiger partial charge in [-0.2, -0.15) is 24.4 Å². The maximum absolute atomic E-state index is 4.36. The topological polar surface area (TPSA) is 0 Å². The van der Waals surface area contributed by atoms with Gasteiger partial charge in [-0.3, -0.25) is 0 Å². The molecule has 0 nitrogen and oxygen atoms in total. The minimum absolute atomic E-state index is 0.557. The molecule has 0 aromatic heterocycles. The Hall–Kier alpha value is 1.14. The molecule has 0 aromatic rings. The molecule has 0 bridgehead atoms. The Morgan fingerprint density at radius 2 is 1.84 bits per heavy atom. The maximum atomic E-state index is 4.36. The van der Waals surface area contributed by atoms with E-state index in [0.717, 1.165) is 17.6 Å². The zero-order chi connectivity index (χ0) is 13.3. The lowest BCUT2D eigenvalue weighted by Crippen LogP contribution is -2.17. The van der Waals surface area contributed by atoms with E-state index in [1.165, 1.54) is 49.4 Å². The molecule has 1 aliphatic heterocycles. The molecular formula is C15H24S4. The Morgan fingerprint density at radius 3 is 2.42 bits per heavy atom. The van der Waals surface area contributed by atoms with Crippen molar-refractivity contribution < 1.29 is 0 Å². The molecule has 1 heterocycles. The second-order valence-electron chi connectivity index (χ2n) is 6.30. The van der Waals surface area contributed by atoms with E-state index in [4.69, 9.17) is 0 Å². The fourth-order valence-corrected chi connectivity index (χ4v) is 8.16. The minimum atomic E-state index is 0.557. The first kappa shape index (κ1) is 15.1. The number of hydrogen-bond donors (Lipinski definition) is 1. The summed E-state index contributed by atoms with van der Waals surface area (Å²) in [6.07, 6.45) is 7.12. The van der Waals surface area contributed by atoms with Crippen LogP contribution in [0.1, 0.15) is 39.0 Å². The SMILES string of the molecule is CC1(SCCS)CC2CC(=C3SCCCS3)CC2C1. The monoisotopic (exact) mass is 332 g/mol. The first-order chi connectivity index (χ1) is 9.20. The minimum Gasteiger partial charge on any atom is -0.179 e. The summed E-state index contributed by atoms with van der Waals surface area (Å²) in [6.45, 7) is 2.50. The second kappa shape index (κ2) is 6.50. The molecular weight excluding hydrogens is 308 g/mol. The van der Waals surface area contributed by atoms with Crippen LogP contribution in [0.3, 0.4) is 0 Å². The Bertz CT molecular complexity index is 339. The number of rotatable bonds is 3. The van der Waals surface area contributed by atoms with Gasteiger partial charge < -0.3 is 0 Å². The van der Waals surface area contributed by atoms with E-state index in [2.05, 4.69) is 54.8 Å². The highest BCUT2D eigenvalue weighted by atomic mass is 32.2. The van der Waals surface area contributed by atoms with Crippen LogP contribution in [0, 0.1) is 11.8 Å². The van der Waals surface area contributed by atoms with Gasteiger partial charge in [0.05, 0.1) is 0 Å². The summed E-state index contributed by atoms with van der Waals surface area (Å²) in [7, 11) is 0. The van der Waals surface area contributed by atoms with E-state index in [1.54, 1.807) is 4.24 Å². The molecule has 0 radical (unpaired) electrons. The van der Waals surface area contributed by atoms with Crippen molar-refractivity contribution in [1.82, 2.24) is 0 Å². The van der Waals surface area contributed by atoms with Gasteiger partial charge in [-0.15, -0.1) is 23.5 Å². The summed E-state index contributed by atoms with van der Waals surface area (Å²) in [4.78, 5) is 0. The van der Waals surface area contributed by atoms with Gasteiger partial charge in [0.15, 0.2) is 0 Å². The third kappa shape index (κ3) is 3.49. The number of thiol groups is 1. The van der Waals surface area contributed by atoms with E-state index in [-0.39, 0.29) is 0 Å². The molecule has 0 aromatic carbocycles. The van der Waals surface area contributed by atoms with Gasteiger partial charge in [0.25, 0.3) is 0 Å². The van der Waals surface area contributed by atoms with Crippen molar-refractivity contribution >= 4 is 47.9 Å². The highest BCUT2D eigenvalue weighted by Gasteiger charge is 2.46. The molecule has 19 heavy (non-hydrogen) atoms. The number of thioether (sulfide) groups is 3. The molecule has 0 N–H and O–H groups in total. The van der Waals surface area contributed by atoms with Crippen LogP contribution in [0.2, 0.25) is 0 Å². The van der Waals surface area contributed by atoms with Crippen molar-refractivity contribution in [2.45, 2.75) is 43.8 Å². The van der Waals surface area contributed by atoms with Crippen LogP contribution in [0.25, 0.3) is 0 Å². The van der Waals surface area contributed by atoms with Crippen LogP contribution in [0.4, 0.5) is 0 Å². The lowest BCUT2D eigenvalue weighted by atomic mass is 10.0. The zero-order valence-electron chi connectivity index (χ0n) is 11.7. The van der Waals surface area contributed by atoms with Gasteiger partial charge in [-0.25, -0.2) is 0 Å². The van der Waals surface area contributed by atoms with E-state index in [0.29, 0.717) is 4.75 Å². The largest absolute Gasteiger partial charge is 0.179 e. The molecule has 2 saturated carbocycles. The maximum Gasteiger partial charge on any atom is 0.0393 e. The first-order valence-electron chi connectivity index (χ1n) is 7.43. The van der Waals surface area contributed by atoms with Crippen molar-refractivity contribution in [2.24, 2.45) is 11.8 Å². The van der Waals surface area contributed by atoms with Gasteiger partial charge in [0, 0.05) is 14.7 Å². The Labute approximate surface area is 136 Å². The third-order valence-electron chi connectivity index (χ3n) is 4.66. The van der Waals surface area contributed by atoms with Crippen LogP contribution < -0.4 is 0 Å². The summed E-state index contributed by atoms with van der Waals surface area (Å²) in [5, 5.41) is 0. The summed E-state index contributed by atoms with van der Waals surface area (Å²) < 4.78 is 2.27. The number of fused-ring (bicyclic) bond motifs is 1. The predicted octanol–water partition coefficient (Wildman–Crippen LogP) is 5.31. The number of hydrogen-bond acceptors (Lipinski definition) is 4. The molecule has 0 spiro atoms. The average molecular weight is 333 g/mol. The quantitative estimate of drug-likeness (QED) is 0.696. The molecule has 1 saturated heterocycles. The van der Waals surface area contributed by atoms with Gasteiger partial charge >= 0.3 is 0 Å². The molecule has 0 amide bonds. The van der Waals surface area contributed by atoms with Crippen LogP contribution in [0.5, 0.6) is 0 Å². The fraction of sp³-hybridized carbons (Fsp3) is 0.867. The zero-order valence-corrected chi connectivity index (χ0v) is 15.0. The second-order valence-corrected chi connectivity index (χ2v) is 10.9. The molecule has 4 heteroatoms. The summed E-state index contributed by atoms with van der Waals surface area (Å²) in [5.41, 5.74) is 1.82. The predicted molar refractivity (Wildman–Crippen MR) is 96.7 cm³/mol. The third-order valence-corrected chi connectivity index (χ3v) is 9.42. The number of allylic oxidation sites excluding steroid dienone is 1. The van der Waals surface area contributed by atoms with Gasteiger partial charge in [0.2, 0.25) is 0 Å². The molecule has 2 unspecified atom stereocenters. The lowest BCUT2D eigenvalue weighted by molar-refractivity contribution is 0.457. The standard InChI is InChI=1S/C15H24S4/c1-15(19-6-3-16)9-12-7-11(8-13(12)10-15)14-17-4-2-5-18-14/h12-13,16H,2-10H2,1H3. The molecule has 108 valence electrons. The van der Waals surface area contributed by atoms with Crippen molar-refractivity contribution in [1.29, 1.82) is 0 Å². The van der Waals surface area contributed by atoms with Gasteiger partial charge in [-0.05, 0) is 66.8 Å². The Kier molecular flexibility index (Phi) is 5.15. The molecule has 2 atom stereocenters. The van der Waals surface area contributed by atoms with Crippen LogP contribution in [0.15, 0.2) is 9.81 Å². The van der Waals surface area contributed by atoms with Crippen molar-refractivity contribution in [2.75, 3.05) is 23.0 Å². The molecule has 2 aliphatic carbocycles. The molecule has 3 aliphatic rings. The van der Waals surface area contributed by atoms with Crippen molar-refractivity contribution in [3.8, 4) is 0 Å².